The molecule has 1 aromatic carbocycles. The van der Waals surface area contributed by atoms with Gasteiger partial charge in [-0.3, -0.25) is 14.2 Å². The second-order valence-corrected chi connectivity index (χ2v) is 4.31. The fourth-order valence-electron chi connectivity index (χ4n) is 1.52. The Bertz CT molecular complexity index is 663. The Morgan fingerprint density at radius 2 is 2.11 bits per heavy atom. The molecule has 1 aromatic heterocycles. The van der Waals surface area contributed by atoms with Crippen molar-refractivity contribution in [2.45, 2.75) is 6.54 Å². The number of aliphatic carboxylic acids is 1. The van der Waals surface area contributed by atoms with Crippen LogP contribution in [0.2, 0.25) is 0 Å². The Morgan fingerprint density at radius 1 is 1.39 bits per heavy atom. The van der Waals surface area contributed by atoms with Crippen LogP contribution in [0.5, 0.6) is 0 Å². The van der Waals surface area contributed by atoms with Crippen LogP contribution in [0, 0.1) is 11.6 Å². The normalized spacial score (nSPS) is 10.6. The summed E-state index contributed by atoms with van der Waals surface area (Å²) in [6, 6.07) is 2.90. The molecule has 0 aliphatic carbocycles. The van der Waals surface area contributed by atoms with E-state index in [1.165, 1.54) is 11.4 Å². The number of hydrogen-bond acceptors (Lipinski definition) is 3. The summed E-state index contributed by atoms with van der Waals surface area (Å²) in [7, 11) is 0. The minimum absolute atomic E-state index is 0.00370. The first-order valence-corrected chi connectivity index (χ1v) is 5.72. The van der Waals surface area contributed by atoms with E-state index in [1.54, 1.807) is 0 Å². The Morgan fingerprint density at radius 3 is 2.72 bits per heavy atom. The van der Waals surface area contributed by atoms with E-state index in [0.29, 0.717) is 6.07 Å². The van der Waals surface area contributed by atoms with Crippen molar-refractivity contribution in [2.24, 2.45) is 0 Å². The van der Waals surface area contributed by atoms with E-state index < -0.39 is 29.0 Å². The standard InChI is InChI=1S/C11H7F2NO3S/c12-6-1-2-7(8(13)3-6)9-5-18-11(17)14(9)4-10(15)16/h1-3,5H,4H2,(H,15,16). The highest BCUT2D eigenvalue weighted by Gasteiger charge is 2.15. The molecular weight excluding hydrogens is 264 g/mol. The smallest absolute Gasteiger partial charge is 0.323 e. The third kappa shape index (κ3) is 2.30. The topological polar surface area (TPSA) is 59.3 Å². The van der Waals surface area contributed by atoms with E-state index in [2.05, 4.69) is 0 Å². The molecule has 2 aromatic rings. The number of carboxylic acid groups (broad SMARTS) is 1. The third-order valence-electron chi connectivity index (χ3n) is 2.28. The van der Waals surface area contributed by atoms with Gasteiger partial charge in [0.05, 0.1) is 5.69 Å². The number of hydrogen-bond donors (Lipinski definition) is 1. The minimum atomic E-state index is -1.21. The van der Waals surface area contributed by atoms with E-state index in [1.807, 2.05) is 0 Å². The molecule has 0 bridgehead atoms. The van der Waals surface area contributed by atoms with Gasteiger partial charge >= 0.3 is 10.8 Å². The van der Waals surface area contributed by atoms with Crippen molar-refractivity contribution in [3.8, 4) is 11.3 Å². The predicted octanol–water partition coefficient (Wildman–Crippen LogP) is 1.94. The summed E-state index contributed by atoms with van der Waals surface area (Å²) in [6.45, 7) is -0.561. The average molecular weight is 271 g/mol. The number of halogens is 2. The van der Waals surface area contributed by atoms with Crippen molar-refractivity contribution in [1.82, 2.24) is 4.57 Å². The lowest BCUT2D eigenvalue weighted by atomic mass is 10.1. The second-order valence-electron chi connectivity index (χ2n) is 3.49. The first-order chi connectivity index (χ1) is 8.49. The van der Waals surface area contributed by atoms with Crippen molar-refractivity contribution in [3.63, 3.8) is 0 Å². The zero-order valence-electron chi connectivity index (χ0n) is 8.89. The van der Waals surface area contributed by atoms with E-state index in [-0.39, 0.29) is 11.3 Å². The highest BCUT2D eigenvalue weighted by atomic mass is 32.1. The molecule has 0 saturated heterocycles. The third-order valence-corrected chi connectivity index (χ3v) is 3.05. The molecule has 0 fully saturated rings. The van der Waals surface area contributed by atoms with Crippen LogP contribution < -0.4 is 4.87 Å². The van der Waals surface area contributed by atoms with Gasteiger partial charge in [-0.1, -0.05) is 11.3 Å². The molecule has 1 N–H and O–H groups in total. The average Bonchev–Trinajstić information content (AvgIpc) is 2.60. The van der Waals surface area contributed by atoms with E-state index in [0.717, 1.165) is 22.0 Å². The SMILES string of the molecule is O=C(O)Cn1c(-c2ccc(F)cc2F)csc1=O. The van der Waals surface area contributed by atoms with Crippen molar-refractivity contribution < 1.29 is 18.7 Å². The van der Waals surface area contributed by atoms with Crippen LogP contribution >= 0.6 is 11.3 Å². The van der Waals surface area contributed by atoms with Gasteiger partial charge in [0.15, 0.2) is 0 Å². The van der Waals surface area contributed by atoms with E-state index in [9.17, 15) is 18.4 Å². The Hall–Kier alpha value is -2.02. The molecule has 1 heterocycles. The minimum Gasteiger partial charge on any atom is -0.480 e. The summed E-state index contributed by atoms with van der Waals surface area (Å²) in [4.78, 5) is 21.6. The number of carbonyl (C=O) groups is 1. The fourth-order valence-corrected chi connectivity index (χ4v) is 2.28. The van der Waals surface area contributed by atoms with Crippen molar-refractivity contribution in [3.05, 3.63) is 44.9 Å². The summed E-state index contributed by atoms with van der Waals surface area (Å²) >= 11 is 0.764. The number of carboxylic acids is 1. The summed E-state index contributed by atoms with van der Waals surface area (Å²) in [6.07, 6.45) is 0. The molecule has 4 nitrogen and oxygen atoms in total. The summed E-state index contributed by atoms with van der Waals surface area (Å²) in [5, 5.41) is 10.0. The highest BCUT2D eigenvalue weighted by Crippen LogP contribution is 2.23. The zero-order chi connectivity index (χ0) is 13.3. The molecule has 0 atom stereocenters. The summed E-state index contributed by atoms with van der Waals surface area (Å²) < 4.78 is 27.3. The van der Waals surface area contributed by atoms with Crippen LogP contribution in [0.15, 0.2) is 28.4 Å². The van der Waals surface area contributed by atoms with Crippen LogP contribution in [0.1, 0.15) is 0 Å². The van der Waals surface area contributed by atoms with E-state index in [4.69, 9.17) is 5.11 Å². The first kappa shape index (κ1) is 12.4. The molecule has 0 amide bonds. The molecule has 0 radical (unpaired) electrons. The van der Waals surface area contributed by atoms with Crippen LogP contribution in [0.4, 0.5) is 8.78 Å². The number of thiazole rings is 1. The van der Waals surface area contributed by atoms with Gasteiger partial charge in [0.1, 0.15) is 18.2 Å². The molecular formula is C11H7F2NO3S. The maximum Gasteiger partial charge on any atom is 0.323 e. The molecule has 0 spiro atoms. The fraction of sp³-hybridized carbons (Fsp3) is 0.0909. The molecule has 0 aliphatic heterocycles. The summed E-state index contributed by atoms with van der Waals surface area (Å²) in [5.41, 5.74) is 0.126. The van der Waals surface area contributed by atoms with Crippen molar-refractivity contribution in [2.75, 3.05) is 0 Å². The molecule has 2 rings (SSSR count). The maximum atomic E-state index is 13.6. The van der Waals surface area contributed by atoms with Gasteiger partial charge in [-0.05, 0) is 12.1 Å². The maximum absolute atomic E-state index is 13.6. The predicted molar refractivity (Wildman–Crippen MR) is 61.6 cm³/mol. The van der Waals surface area contributed by atoms with Gasteiger partial charge in [0.2, 0.25) is 0 Å². The lowest BCUT2D eigenvalue weighted by Crippen LogP contribution is -2.20. The van der Waals surface area contributed by atoms with E-state index >= 15 is 0 Å². The first-order valence-electron chi connectivity index (χ1n) is 4.84. The lowest BCUT2D eigenvalue weighted by Gasteiger charge is -2.06. The van der Waals surface area contributed by atoms with Crippen molar-refractivity contribution in [1.29, 1.82) is 0 Å². The van der Waals surface area contributed by atoms with Crippen LogP contribution in [0.3, 0.4) is 0 Å². The largest absolute Gasteiger partial charge is 0.480 e. The molecule has 0 unspecified atom stereocenters. The van der Waals surface area contributed by atoms with Crippen LogP contribution in [-0.4, -0.2) is 15.6 Å². The molecule has 94 valence electrons. The highest BCUT2D eigenvalue weighted by molar-refractivity contribution is 7.07. The Kier molecular flexibility index (Phi) is 3.24. The van der Waals surface area contributed by atoms with Gasteiger partial charge in [-0.2, -0.15) is 0 Å². The number of nitrogens with zero attached hydrogens (tertiary/aromatic N) is 1. The second kappa shape index (κ2) is 4.69. The monoisotopic (exact) mass is 271 g/mol. The number of rotatable bonds is 3. The summed E-state index contributed by atoms with van der Waals surface area (Å²) in [5.74, 6) is -2.79. The van der Waals surface area contributed by atoms with Gasteiger partial charge in [-0.15, -0.1) is 0 Å². The van der Waals surface area contributed by atoms with Gasteiger partial charge < -0.3 is 5.11 Å². The van der Waals surface area contributed by atoms with Gasteiger partial charge in [-0.25, -0.2) is 8.78 Å². The van der Waals surface area contributed by atoms with Gasteiger partial charge in [0.25, 0.3) is 0 Å². The zero-order valence-corrected chi connectivity index (χ0v) is 9.71. The molecule has 18 heavy (non-hydrogen) atoms. The van der Waals surface area contributed by atoms with Crippen LogP contribution in [-0.2, 0) is 11.3 Å². The molecule has 0 saturated carbocycles. The van der Waals surface area contributed by atoms with Gasteiger partial charge in [0, 0.05) is 17.0 Å². The van der Waals surface area contributed by atoms with Crippen molar-refractivity contribution >= 4 is 17.3 Å². The Balaban J connectivity index is 2.57. The number of benzene rings is 1. The number of aromatic nitrogens is 1. The molecule has 0 aliphatic rings. The Labute approximate surface area is 104 Å². The lowest BCUT2D eigenvalue weighted by molar-refractivity contribution is -0.137. The molecule has 7 heteroatoms. The quantitative estimate of drug-likeness (QED) is 0.928. The van der Waals surface area contributed by atoms with Crippen LogP contribution in [0.25, 0.3) is 11.3 Å².